The molecule has 0 saturated heterocycles. The number of rotatable bonds is 5. The van der Waals surface area contributed by atoms with Crippen LogP contribution in [0.4, 0.5) is 0 Å². The molecule has 0 aliphatic heterocycles. The van der Waals surface area contributed by atoms with E-state index in [1.807, 2.05) is 13.8 Å². The minimum absolute atomic E-state index is 0.338. The summed E-state index contributed by atoms with van der Waals surface area (Å²) in [5.74, 6) is 0.618. The first-order valence-corrected chi connectivity index (χ1v) is 4.40. The van der Waals surface area contributed by atoms with E-state index in [9.17, 15) is 0 Å². The molecule has 2 atom stereocenters. The lowest BCUT2D eigenvalue weighted by molar-refractivity contribution is -0.322. The predicted molar refractivity (Wildman–Crippen MR) is 46.5 cm³/mol. The van der Waals surface area contributed by atoms with Crippen LogP contribution < -0.4 is 0 Å². The second kappa shape index (κ2) is 4.73. The Bertz CT molecular complexity index is 97.7. The van der Waals surface area contributed by atoms with E-state index in [2.05, 4.69) is 18.7 Å². The predicted octanol–water partition coefficient (Wildman–Crippen LogP) is 3.08. The second-order valence-electron chi connectivity index (χ2n) is 3.61. The van der Waals surface area contributed by atoms with Crippen molar-refractivity contribution < 1.29 is 10.1 Å². The van der Waals surface area contributed by atoms with Crippen LogP contribution in [0.1, 0.15) is 47.0 Å². The molecule has 0 radical (unpaired) electrons. The highest BCUT2D eigenvalue weighted by Crippen LogP contribution is 2.24. The highest BCUT2D eigenvalue weighted by atomic mass is 17.1. The molecule has 0 amide bonds. The summed E-state index contributed by atoms with van der Waals surface area (Å²) in [7, 11) is 0. The average Bonchev–Trinajstić information content (AvgIpc) is 2.04. The first-order valence-electron chi connectivity index (χ1n) is 4.40. The molecule has 0 aliphatic rings. The molecule has 11 heavy (non-hydrogen) atoms. The Morgan fingerprint density at radius 1 is 1.45 bits per heavy atom. The van der Waals surface area contributed by atoms with E-state index in [1.165, 1.54) is 0 Å². The Labute approximate surface area is 69.5 Å². The summed E-state index contributed by atoms with van der Waals surface area (Å²) in [5, 5.41) is 8.63. The Morgan fingerprint density at radius 2 is 2.00 bits per heavy atom. The first kappa shape index (κ1) is 10.9. The molecule has 2 nitrogen and oxygen atoms in total. The monoisotopic (exact) mass is 160 g/mol. The lowest BCUT2D eigenvalue weighted by Crippen LogP contribution is -2.28. The van der Waals surface area contributed by atoms with Crippen LogP contribution in [0.25, 0.3) is 0 Å². The van der Waals surface area contributed by atoms with Gasteiger partial charge in [0, 0.05) is 0 Å². The second-order valence-corrected chi connectivity index (χ2v) is 3.61. The third-order valence-electron chi connectivity index (χ3n) is 2.45. The molecule has 0 aromatic heterocycles. The maximum atomic E-state index is 8.63. The maximum Gasteiger partial charge on any atom is 0.100 e. The first-order chi connectivity index (χ1) is 5.08. The van der Waals surface area contributed by atoms with Crippen LogP contribution in [-0.4, -0.2) is 10.9 Å². The largest absolute Gasteiger partial charge is 0.251 e. The van der Waals surface area contributed by atoms with Crippen molar-refractivity contribution in [1.82, 2.24) is 0 Å². The Morgan fingerprint density at radius 3 is 2.27 bits per heavy atom. The normalized spacial score (nSPS) is 19.4. The molecule has 2 unspecified atom stereocenters. The van der Waals surface area contributed by atoms with Crippen LogP contribution in [0.5, 0.6) is 0 Å². The van der Waals surface area contributed by atoms with E-state index in [1.54, 1.807) is 0 Å². The van der Waals surface area contributed by atoms with Crippen LogP contribution in [0.3, 0.4) is 0 Å². The van der Waals surface area contributed by atoms with E-state index < -0.39 is 0 Å². The summed E-state index contributed by atoms with van der Waals surface area (Å²) in [6, 6.07) is 0. The fourth-order valence-corrected chi connectivity index (χ4v) is 1.13. The lowest BCUT2D eigenvalue weighted by Gasteiger charge is -2.26. The van der Waals surface area contributed by atoms with Gasteiger partial charge in [-0.1, -0.05) is 27.2 Å². The van der Waals surface area contributed by atoms with E-state index in [4.69, 9.17) is 5.26 Å². The summed E-state index contributed by atoms with van der Waals surface area (Å²) < 4.78 is 0. The molecule has 0 fully saturated rings. The zero-order valence-corrected chi connectivity index (χ0v) is 8.05. The third-order valence-corrected chi connectivity index (χ3v) is 2.45. The van der Waals surface area contributed by atoms with Crippen molar-refractivity contribution in [2.75, 3.05) is 0 Å². The molecule has 1 N–H and O–H groups in total. The van der Waals surface area contributed by atoms with Gasteiger partial charge in [0.05, 0.1) is 0 Å². The van der Waals surface area contributed by atoms with Crippen LogP contribution in [0.2, 0.25) is 0 Å². The Balaban J connectivity index is 3.86. The molecule has 0 aromatic rings. The van der Waals surface area contributed by atoms with Gasteiger partial charge < -0.3 is 0 Å². The minimum Gasteiger partial charge on any atom is -0.251 e. The molecule has 2 heteroatoms. The van der Waals surface area contributed by atoms with Crippen molar-refractivity contribution in [2.45, 2.75) is 52.6 Å². The van der Waals surface area contributed by atoms with Crippen LogP contribution in [0, 0.1) is 5.92 Å². The van der Waals surface area contributed by atoms with Gasteiger partial charge in [0.1, 0.15) is 5.60 Å². The fraction of sp³-hybridized carbons (Fsp3) is 1.00. The summed E-state index contributed by atoms with van der Waals surface area (Å²) in [4.78, 5) is 4.46. The molecule has 0 aromatic carbocycles. The molecular formula is C9H20O2. The van der Waals surface area contributed by atoms with Crippen LogP contribution in [0.15, 0.2) is 0 Å². The molecule has 0 aliphatic carbocycles. The molecule has 0 rings (SSSR count). The van der Waals surface area contributed by atoms with Gasteiger partial charge >= 0.3 is 0 Å². The van der Waals surface area contributed by atoms with Crippen molar-refractivity contribution in [2.24, 2.45) is 5.92 Å². The smallest absolute Gasteiger partial charge is 0.100 e. The maximum absolute atomic E-state index is 8.63. The van der Waals surface area contributed by atoms with E-state index in [0.29, 0.717) is 5.92 Å². The molecule has 0 bridgehead atoms. The zero-order chi connectivity index (χ0) is 8.91. The van der Waals surface area contributed by atoms with Crippen molar-refractivity contribution in [3.05, 3.63) is 0 Å². The van der Waals surface area contributed by atoms with E-state index in [-0.39, 0.29) is 5.60 Å². The van der Waals surface area contributed by atoms with Gasteiger partial charge in [-0.15, -0.1) is 0 Å². The van der Waals surface area contributed by atoms with Gasteiger partial charge in [-0.2, -0.15) is 0 Å². The number of hydrogen-bond acceptors (Lipinski definition) is 2. The third kappa shape index (κ3) is 3.73. The van der Waals surface area contributed by atoms with Crippen LogP contribution >= 0.6 is 0 Å². The number of hydrogen-bond donors (Lipinski definition) is 1. The molecule has 0 saturated carbocycles. The molecule has 0 heterocycles. The Hall–Kier alpha value is -0.0800. The average molecular weight is 160 g/mol. The summed E-state index contributed by atoms with van der Waals surface area (Å²) >= 11 is 0. The van der Waals surface area contributed by atoms with Crippen molar-refractivity contribution in [3.8, 4) is 0 Å². The van der Waals surface area contributed by atoms with Gasteiger partial charge in [-0.3, -0.25) is 5.26 Å². The van der Waals surface area contributed by atoms with Gasteiger partial charge in [0.2, 0.25) is 0 Å². The van der Waals surface area contributed by atoms with Gasteiger partial charge in [-0.05, 0) is 25.7 Å². The van der Waals surface area contributed by atoms with Gasteiger partial charge in [0.25, 0.3) is 0 Å². The summed E-state index contributed by atoms with van der Waals surface area (Å²) in [6.07, 6.45) is 2.92. The SMILES string of the molecule is CCC(C)CC(C)(CC)OO. The minimum atomic E-state index is -0.338. The lowest BCUT2D eigenvalue weighted by atomic mass is 9.90. The summed E-state index contributed by atoms with van der Waals surface area (Å²) in [6.45, 7) is 8.29. The van der Waals surface area contributed by atoms with Crippen LogP contribution in [-0.2, 0) is 4.89 Å². The highest BCUT2D eigenvalue weighted by molar-refractivity contribution is 4.73. The standard InChI is InChI=1S/C9H20O2/c1-5-8(3)7-9(4,6-2)11-10/h8,10H,5-7H2,1-4H3. The van der Waals surface area contributed by atoms with Gasteiger partial charge in [0.15, 0.2) is 0 Å². The fourth-order valence-electron chi connectivity index (χ4n) is 1.13. The van der Waals surface area contributed by atoms with E-state index >= 15 is 0 Å². The van der Waals surface area contributed by atoms with Crippen molar-refractivity contribution in [3.63, 3.8) is 0 Å². The molecule has 68 valence electrons. The topological polar surface area (TPSA) is 29.5 Å². The van der Waals surface area contributed by atoms with Crippen molar-refractivity contribution in [1.29, 1.82) is 0 Å². The van der Waals surface area contributed by atoms with E-state index in [0.717, 1.165) is 19.3 Å². The van der Waals surface area contributed by atoms with Gasteiger partial charge in [-0.25, -0.2) is 4.89 Å². The summed E-state index contributed by atoms with van der Waals surface area (Å²) in [5.41, 5.74) is -0.338. The quantitative estimate of drug-likeness (QED) is 0.494. The zero-order valence-electron chi connectivity index (χ0n) is 8.05. The van der Waals surface area contributed by atoms with Crippen molar-refractivity contribution >= 4 is 0 Å². The Kier molecular flexibility index (Phi) is 4.69. The molecular weight excluding hydrogens is 140 g/mol. The molecule has 0 spiro atoms. The highest BCUT2D eigenvalue weighted by Gasteiger charge is 2.24.